The van der Waals surface area contributed by atoms with Crippen molar-refractivity contribution < 1.29 is 24.0 Å². The number of aryl methyl sites for hydroxylation is 2. The van der Waals surface area contributed by atoms with Crippen LogP contribution in [0.1, 0.15) is 25.1 Å². The van der Waals surface area contributed by atoms with E-state index in [4.69, 9.17) is 9.26 Å². The second-order valence-electron chi connectivity index (χ2n) is 5.09. The third-order valence-corrected chi connectivity index (χ3v) is 3.41. The molecular weight excluding hydrogens is 266 g/mol. The first-order valence-corrected chi connectivity index (χ1v) is 6.31. The van der Waals surface area contributed by atoms with E-state index in [2.05, 4.69) is 15.5 Å². The average molecular weight is 283 g/mol. The quantitative estimate of drug-likeness (QED) is 0.776. The van der Waals surface area contributed by atoms with Gasteiger partial charge in [0.15, 0.2) is 5.82 Å². The minimum Gasteiger partial charge on any atom is -0.481 e. The Morgan fingerprint density at radius 3 is 2.90 bits per heavy atom. The second-order valence-corrected chi connectivity index (χ2v) is 5.09. The Hall–Kier alpha value is -1.96. The van der Waals surface area contributed by atoms with Gasteiger partial charge in [-0.25, -0.2) is 0 Å². The van der Waals surface area contributed by atoms with Crippen LogP contribution in [0.2, 0.25) is 0 Å². The number of nitrogens with zero attached hydrogens (tertiary/aromatic N) is 2. The van der Waals surface area contributed by atoms with E-state index in [-0.39, 0.29) is 25.5 Å². The summed E-state index contributed by atoms with van der Waals surface area (Å²) in [5.41, 5.74) is -1.09. The predicted octanol–water partition coefficient (Wildman–Crippen LogP) is -0.0835. The number of carbonyl (C=O) groups is 2. The van der Waals surface area contributed by atoms with E-state index < -0.39 is 17.4 Å². The van der Waals surface area contributed by atoms with Crippen LogP contribution in [0.4, 0.5) is 0 Å². The van der Waals surface area contributed by atoms with Gasteiger partial charge >= 0.3 is 5.97 Å². The van der Waals surface area contributed by atoms with Gasteiger partial charge in [-0.3, -0.25) is 9.59 Å². The lowest BCUT2D eigenvalue weighted by Gasteiger charge is -2.25. The summed E-state index contributed by atoms with van der Waals surface area (Å²) in [5, 5.41) is 15.5. The van der Waals surface area contributed by atoms with E-state index in [1.165, 1.54) is 0 Å². The lowest BCUT2D eigenvalue weighted by molar-refractivity contribution is -0.149. The molecule has 110 valence electrons. The molecule has 2 N–H and O–H groups in total. The van der Waals surface area contributed by atoms with Crippen LogP contribution in [0.3, 0.4) is 0 Å². The fourth-order valence-electron chi connectivity index (χ4n) is 2.01. The summed E-state index contributed by atoms with van der Waals surface area (Å²) in [4.78, 5) is 27.1. The van der Waals surface area contributed by atoms with E-state index in [9.17, 15) is 14.7 Å². The van der Waals surface area contributed by atoms with Gasteiger partial charge < -0.3 is 19.7 Å². The topological polar surface area (TPSA) is 115 Å². The summed E-state index contributed by atoms with van der Waals surface area (Å²) >= 11 is 0. The average Bonchev–Trinajstić information content (AvgIpc) is 2.95. The maximum absolute atomic E-state index is 11.8. The summed E-state index contributed by atoms with van der Waals surface area (Å²) in [5.74, 6) is -0.332. The van der Waals surface area contributed by atoms with Gasteiger partial charge in [-0.1, -0.05) is 5.16 Å². The number of aromatic nitrogens is 2. The normalized spacial score (nSPS) is 25.6. The molecule has 2 atom stereocenters. The first-order chi connectivity index (χ1) is 9.41. The molecule has 1 saturated heterocycles. The number of aliphatic carboxylic acids is 1. The van der Waals surface area contributed by atoms with Crippen LogP contribution in [-0.2, 0) is 20.7 Å². The fraction of sp³-hybridized carbons (Fsp3) is 0.667. The summed E-state index contributed by atoms with van der Waals surface area (Å²) in [7, 11) is 0. The summed E-state index contributed by atoms with van der Waals surface area (Å²) in [6, 6.07) is -0.531. The molecule has 8 nitrogen and oxygen atoms in total. The van der Waals surface area contributed by atoms with Crippen LogP contribution in [0, 0.1) is 12.3 Å². The maximum Gasteiger partial charge on any atom is 0.313 e. The van der Waals surface area contributed by atoms with Crippen molar-refractivity contribution in [1.82, 2.24) is 15.5 Å². The smallest absolute Gasteiger partial charge is 0.313 e. The SMILES string of the molecule is Cc1noc(CCC(=O)NC2COCC2(C)C(=O)O)n1. The van der Waals surface area contributed by atoms with Crippen LogP contribution in [0.15, 0.2) is 4.52 Å². The molecule has 0 aliphatic carbocycles. The van der Waals surface area contributed by atoms with Crippen LogP contribution >= 0.6 is 0 Å². The third-order valence-electron chi connectivity index (χ3n) is 3.41. The Bertz CT molecular complexity index is 515. The number of ether oxygens (including phenoxy) is 1. The Balaban J connectivity index is 1.86. The maximum atomic E-state index is 11.8. The van der Waals surface area contributed by atoms with E-state index in [0.717, 1.165) is 0 Å². The fourth-order valence-corrected chi connectivity index (χ4v) is 2.01. The number of amides is 1. The van der Waals surface area contributed by atoms with Crippen molar-refractivity contribution in [2.45, 2.75) is 32.7 Å². The number of carbonyl (C=O) groups excluding carboxylic acids is 1. The van der Waals surface area contributed by atoms with Crippen molar-refractivity contribution in [2.24, 2.45) is 5.41 Å². The Morgan fingerprint density at radius 1 is 1.55 bits per heavy atom. The number of nitrogens with one attached hydrogen (secondary N) is 1. The highest BCUT2D eigenvalue weighted by atomic mass is 16.5. The van der Waals surface area contributed by atoms with E-state index >= 15 is 0 Å². The molecule has 8 heteroatoms. The molecule has 2 rings (SSSR count). The van der Waals surface area contributed by atoms with Crippen LogP contribution < -0.4 is 5.32 Å². The van der Waals surface area contributed by atoms with E-state index in [0.29, 0.717) is 18.1 Å². The van der Waals surface area contributed by atoms with Crippen LogP contribution in [0.5, 0.6) is 0 Å². The molecule has 1 aromatic heterocycles. The molecule has 20 heavy (non-hydrogen) atoms. The lowest BCUT2D eigenvalue weighted by Crippen LogP contribution is -2.49. The first kappa shape index (κ1) is 14.4. The zero-order valence-electron chi connectivity index (χ0n) is 11.4. The number of carboxylic acid groups (broad SMARTS) is 1. The molecule has 2 unspecified atom stereocenters. The molecule has 1 aliphatic rings. The highest BCUT2D eigenvalue weighted by Crippen LogP contribution is 2.28. The summed E-state index contributed by atoms with van der Waals surface area (Å²) in [6.45, 7) is 3.56. The summed E-state index contributed by atoms with van der Waals surface area (Å²) < 4.78 is 10.1. The van der Waals surface area contributed by atoms with E-state index in [1.54, 1.807) is 13.8 Å². The summed E-state index contributed by atoms with van der Waals surface area (Å²) in [6.07, 6.45) is 0.484. The minimum absolute atomic E-state index is 0.0934. The van der Waals surface area contributed by atoms with E-state index in [1.807, 2.05) is 0 Å². The monoisotopic (exact) mass is 283 g/mol. The highest BCUT2D eigenvalue weighted by molar-refractivity contribution is 5.80. The molecule has 1 amide bonds. The van der Waals surface area contributed by atoms with Gasteiger partial charge in [-0.2, -0.15) is 4.98 Å². The molecule has 1 aromatic rings. The van der Waals surface area contributed by atoms with Gasteiger partial charge in [-0.05, 0) is 13.8 Å². The van der Waals surface area contributed by atoms with Crippen molar-refractivity contribution in [3.63, 3.8) is 0 Å². The Labute approximate surface area is 115 Å². The van der Waals surface area contributed by atoms with Crippen molar-refractivity contribution in [3.05, 3.63) is 11.7 Å². The van der Waals surface area contributed by atoms with Crippen molar-refractivity contribution in [3.8, 4) is 0 Å². The zero-order valence-corrected chi connectivity index (χ0v) is 11.4. The van der Waals surface area contributed by atoms with Gasteiger partial charge in [0.05, 0.1) is 19.3 Å². The molecular formula is C12H17N3O5. The van der Waals surface area contributed by atoms with Gasteiger partial charge in [-0.15, -0.1) is 0 Å². The zero-order chi connectivity index (χ0) is 14.8. The Kier molecular flexibility index (Phi) is 4.03. The second kappa shape index (κ2) is 5.58. The molecule has 1 aliphatic heterocycles. The van der Waals surface area contributed by atoms with Gasteiger partial charge in [0.25, 0.3) is 0 Å². The molecule has 0 bridgehead atoms. The number of carboxylic acids is 1. The van der Waals surface area contributed by atoms with Gasteiger partial charge in [0.2, 0.25) is 11.8 Å². The molecule has 2 heterocycles. The molecule has 0 spiro atoms. The highest BCUT2D eigenvalue weighted by Gasteiger charge is 2.47. The standard InChI is InChI=1S/C12H17N3O5/c1-7-13-10(20-15-7)4-3-9(16)14-8-5-19-6-12(8,2)11(17)18/h8H,3-6H2,1-2H3,(H,14,16)(H,17,18). The number of hydrogen-bond donors (Lipinski definition) is 2. The van der Waals surface area contributed by atoms with Crippen LogP contribution in [-0.4, -0.2) is 46.4 Å². The molecule has 0 saturated carbocycles. The largest absolute Gasteiger partial charge is 0.481 e. The molecule has 0 aromatic carbocycles. The van der Waals surface area contributed by atoms with Crippen LogP contribution in [0.25, 0.3) is 0 Å². The first-order valence-electron chi connectivity index (χ1n) is 6.31. The Morgan fingerprint density at radius 2 is 2.30 bits per heavy atom. The molecule has 1 fully saturated rings. The third kappa shape index (κ3) is 2.96. The van der Waals surface area contributed by atoms with Gasteiger partial charge in [0.1, 0.15) is 5.41 Å². The van der Waals surface area contributed by atoms with Crippen molar-refractivity contribution >= 4 is 11.9 Å². The lowest BCUT2D eigenvalue weighted by atomic mass is 9.85. The molecule has 0 radical (unpaired) electrons. The number of rotatable bonds is 5. The number of hydrogen-bond acceptors (Lipinski definition) is 6. The minimum atomic E-state index is -1.09. The van der Waals surface area contributed by atoms with Crippen molar-refractivity contribution in [1.29, 1.82) is 0 Å². The predicted molar refractivity (Wildman–Crippen MR) is 65.8 cm³/mol. The van der Waals surface area contributed by atoms with Gasteiger partial charge in [0, 0.05) is 12.8 Å². The van der Waals surface area contributed by atoms with Crippen molar-refractivity contribution in [2.75, 3.05) is 13.2 Å².